The Morgan fingerprint density at radius 2 is 2.07 bits per heavy atom. The average Bonchev–Trinajstić information content (AvgIpc) is 3.24. The lowest BCUT2D eigenvalue weighted by Crippen LogP contribution is -2.42. The van der Waals surface area contributed by atoms with Crippen LogP contribution in [-0.4, -0.2) is 47.5 Å². The number of halogens is 1. The number of aryl methyl sites for hydroxylation is 2. The third kappa shape index (κ3) is 5.28. The minimum absolute atomic E-state index is 0.0431. The SMILES string of the molecule is Cc1nc(NC(=O)CN(CC2CCCO2)C(=O)c2ccc(Cl)cc2)sc1C. The van der Waals surface area contributed by atoms with Crippen LogP contribution in [0.15, 0.2) is 24.3 Å². The van der Waals surface area contributed by atoms with Gasteiger partial charge in [-0.2, -0.15) is 0 Å². The fraction of sp³-hybridized carbons (Fsp3) is 0.421. The van der Waals surface area contributed by atoms with Crippen molar-refractivity contribution in [1.82, 2.24) is 9.88 Å². The van der Waals surface area contributed by atoms with E-state index in [1.807, 2.05) is 13.8 Å². The Bertz CT molecular complexity index is 797. The number of thiazole rings is 1. The predicted molar refractivity (Wildman–Crippen MR) is 107 cm³/mol. The normalized spacial score (nSPS) is 16.3. The van der Waals surface area contributed by atoms with E-state index in [1.165, 1.54) is 16.2 Å². The molecule has 1 aromatic carbocycles. The van der Waals surface area contributed by atoms with Crippen LogP contribution in [0.25, 0.3) is 0 Å². The molecule has 0 aliphatic carbocycles. The van der Waals surface area contributed by atoms with E-state index in [2.05, 4.69) is 10.3 Å². The Hall–Kier alpha value is -1.96. The van der Waals surface area contributed by atoms with Gasteiger partial charge in [0.25, 0.3) is 5.91 Å². The summed E-state index contributed by atoms with van der Waals surface area (Å²) in [7, 11) is 0. The first-order valence-electron chi connectivity index (χ1n) is 8.82. The maximum Gasteiger partial charge on any atom is 0.254 e. The fourth-order valence-electron chi connectivity index (χ4n) is 2.89. The van der Waals surface area contributed by atoms with E-state index in [1.54, 1.807) is 24.3 Å². The summed E-state index contributed by atoms with van der Waals surface area (Å²) >= 11 is 7.33. The Kier molecular flexibility index (Phi) is 6.46. The van der Waals surface area contributed by atoms with Crippen molar-refractivity contribution in [3.8, 4) is 0 Å². The van der Waals surface area contributed by atoms with Crippen molar-refractivity contribution in [3.63, 3.8) is 0 Å². The number of hydrogen-bond donors (Lipinski definition) is 1. The van der Waals surface area contributed by atoms with E-state index < -0.39 is 0 Å². The quantitative estimate of drug-likeness (QED) is 0.792. The van der Waals surface area contributed by atoms with E-state index in [0.29, 0.717) is 28.9 Å². The van der Waals surface area contributed by atoms with Gasteiger partial charge in [0.1, 0.15) is 6.54 Å². The van der Waals surface area contributed by atoms with Crippen molar-refractivity contribution in [2.45, 2.75) is 32.8 Å². The molecule has 0 bridgehead atoms. The standard InChI is InChI=1S/C19H22ClN3O3S/c1-12-13(2)27-19(21-12)22-17(24)11-23(10-16-4-3-9-26-16)18(25)14-5-7-15(20)8-6-14/h5-8,16H,3-4,9-11H2,1-2H3,(H,21,22,24). The molecule has 1 fully saturated rings. The molecule has 0 spiro atoms. The molecule has 0 radical (unpaired) electrons. The molecule has 1 atom stereocenters. The topological polar surface area (TPSA) is 71.5 Å². The van der Waals surface area contributed by atoms with E-state index in [4.69, 9.17) is 16.3 Å². The highest BCUT2D eigenvalue weighted by Gasteiger charge is 2.25. The number of anilines is 1. The van der Waals surface area contributed by atoms with Gasteiger partial charge in [-0.25, -0.2) is 4.98 Å². The minimum Gasteiger partial charge on any atom is -0.376 e. The zero-order chi connectivity index (χ0) is 19.4. The number of rotatable bonds is 6. The van der Waals surface area contributed by atoms with E-state index in [-0.39, 0.29) is 24.5 Å². The van der Waals surface area contributed by atoms with Gasteiger partial charge in [-0.15, -0.1) is 11.3 Å². The zero-order valence-corrected chi connectivity index (χ0v) is 16.9. The van der Waals surface area contributed by atoms with Gasteiger partial charge in [0.2, 0.25) is 5.91 Å². The number of carbonyl (C=O) groups excluding carboxylic acids is 2. The van der Waals surface area contributed by atoms with Crippen LogP contribution >= 0.6 is 22.9 Å². The first-order chi connectivity index (χ1) is 12.9. The zero-order valence-electron chi connectivity index (χ0n) is 15.3. The Balaban J connectivity index is 1.71. The second-order valence-electron chi connectivity index (χ2n) is 6.54. The molecule has 6 nitrogen and oxygen atoms in total. The highest BCUT2D eigenvalue weighted by Crippen LogP contribution is 2.21. The number of ether oxygens (including phenoxy) is 1. The highest BCUT2D eigenvalue weighted by molar-refractivity contribution is 7.15. The summed E-state index contributed by atoms with van der Waals surface area (Å²) in [4.78, 5) is 32.3. The molecule has 1 aromatic heterocycles. The number of carbonyl (C=O) groups is 2. The molecule has 1 unspecified atom stereocenters. The van der Waals surface area contributed by atoms with Crippen LogP contribution in [0.3, 0.4) is 0 Å². The largest absolute Gasteiger partial charge is 0.376 e. The molecular weight excluding hydrogens is 386 g/mol. The molecule has 1 saturated heterocycles. The first-order valence-corrected chi connectivity index (χ1v) is 10.0. The number of hydrogen-bond acceptors (Lipinski definition) is 5. The number of amides is 2. The maximum absolute atomic E-state index is 12.9. The van der Waals surface area contributed by atoms with Crippen LogP contribution in [0, 0.1) is 13.8 Å². The number of nitrogens with one attached hydrogen (secondary N) is 1. The van der Waals surface area contributed by atoms with Crippen molar-refractivity contribution in [2.24, 2.45) is 0 Å². The number of aromatic nitrogens is 1. The molecule has 2 heterocycles. The lowest BCUT2D eigenvalue weighted by atomic mass is 10.1. The molecule has 0 saturated carbocycles. The van der Waals surface area contributed by atoms with Gasteiger partial charge in [-0.3, -0.25) is 9.59 Å². The van der Waals surface area contributed by atoms with Crippen LogP contribution in [0.2, 0.25) is 5.02 Å². The molecular formula is C19H22ClN3O3S. The predicted octanol–water partition coefficient (Wildman–Crippen LogP) is 3.67. The van der Waals surface area contributed by atoms with Crippen molar-refractivity contribution in [1.29, 1.82) is 0 Å². The maximum atomic E-state index is 12.9. The fourth-order valence-corrected chi connectivity index (χ4v) is 3.84. The number of benzene rings is 1. The van der Waals surface area contributed by atoms with Gasteiger partial charge >= 0.3 is 0 Å². The molecule has 2 amide bonds. The average molecular weight is 408 g/mol. The van der Waals surface area contributed by atoms with Gasteiger partial charge in [0.05, 0.1) is 11.8 Å². The molecule has 3 rings (SSSR count). The minimum atomic E-state index is -0.274. The molecule has 1 N–H and O–H groups in total. The molecule has 2 aromatic rings. The van der Waals surface area contributed by atoms with Gasteiger partial charge in [0.15, 0.2) is 5.13 Å². The second kappa shape index (κ2) is 8.82. The van der Waals surface area contributed by atoms with Gasteiger partial charge in [-0.05, 0) is 51.0 Å². The third-order valence-electron chi connectivity index (χ3n) is 4.44. The smallest absolute Gasteiger partial charge is 0.254 e. The van der Waals surface area contributed by atoms with Crippen LogP contribution in [0.4, 0.5) is 5.13 Å². The van der Waals surface area contributed by atoms with E-state index >= 15 is 0 Å². The van der Waals surface area contributed by atoms with Crippen LogP contribution in [0.1, 0.15) is 33.8 Å². The molecule has 144 valence electrons. The Labute approximate surface area is 167 Å². The first kappa shape index (κ1) is 19.8. The molecule has 1 aliphatic rings. The van der Waals surface area contributed by atoms with Gasteiger partial charge in [0, 0.05) is 28.6 Å². The van der Waals surface area contributed by atoms with Gasteiger partial charge < -0.3 is 15.0 Å². The Morgan fingerprint density at radius 3 is 2.67 bits per heavy atom. The van der Waals surface area contributed by atoms with Crippen molar-refractivity contribution >= 4 is 39.9 Å². The lowest BCUT2D eigenvalue weighted by molar-refractivity contribution is -0.117. The van der Waals surface area contributed by atoms with Crippen molar-refractivity contribution < 1.29 is 14.3 Å². The van der Waals surface area contributed by atoms with E-state index in [9.17, 15) is 9.59 Å². The molecule has 27 heavy (non-hydrogen) atoms. The highest BCUT2D eigenvalue weighted by atomic mass is 35.5. The third-order valence-corrected chi connectivity index (χ3v) is 5.68. The van der Waals surface area contributed by atoms with Crippen molar-refractivity contribution in [2.75, 3.05) is 25.0 Å². The second-order valence-corrected chi connectivity index (χ2v) is 8.18. The number of nitrogens with zero attached hydrogens (tertiary/aromatic N) is 2. The molecule has 8 heteroatoms. The van der Waals surface area contributed by atoms with E-state index in [0.717, 1.165) is 23.4 Å². The van der Waals surface area contributed by atoms with Crippen molar-refractivity contribution in [3.05, 3.63) is 45.4 Å². The Morgan fingerprint density at radius 1 is 1.33 bits per heavy atom. The lowest BCUT2D eigenvalue weighted by Gasteiger charge is -2.25. The van der Waals surface area contributed by atoms with Crippen LogP contribution in [0.5, 0.6) is 0 Å². The summed E-state index contributed by atoms with van der Waals surface area (Å²) in [6.45, 7) is 4.87. The van der Waals surface area contributed by atoms with Crippen LogP contribution < -0.4 is 5.32 Å². The summed E-state index contributed by atoms with van der Waals surface area (Å²) in [5, 5.41) is 3.89. The molecule has 1 aliphatic heterocycles. The summed E-state index contributed by atoms with van der Waals surface area (Å²) in [6.07, 6.45) is 1.81. The van der Waals surface area contributed by atoms with Gasteiger partial charge in [-0.1, -0.05) is 11.6 Å². The monoisotopic (exact) mass is 407 g/mol. The summed E-state index contributed by atoms with van der Waals surface area (Å²) < 4.78 is 5.65. The summed E-state index contributed by atoms with van der Waals surface area (Å²) in [6, 6.07) is 6.66. The summed E-state index contributed by atoms with van der Waals surface area (Å²) in [5.74, 6) is -0.493. The van der Waals surface area contributed by atoms with Crippen LogP contribution in [-0.2, 0) is 9.53 Å². The summed E-state index contributed by atoms with van der Waals surface area (Å²) in [5.41, 5.74) is 1.38.